The van der Waals surface area contributed by atoms with Crippen molar-refractivity contribution in [2.24, 2.45) is 0 Å². The summed E-state index contributed by atoms with van der Waals surface area (Å²) < 4.78 is 6.53. The lowest BCUT2D eigenvalue weighted by Crippen LogP contribution is -2.53. The van der Waals surface area contributed by atoms with Crippen LogP contribution in [0.2, 0.25) is 5.15 Å². The van der Waals surface area contributed by atoms with Crippen LogP contribution in [0, 0.1) is 0 Å². The van der Waals surface area contributed by atoms with Crippen molar-refractivity contribution in [1.82, 2.24) is 9.88 Å². The second-order valence-corrected chi connectivity index (χ2v) is 6.64. The molecule has 19 heavy (non-hydrogen) atoms. The third-order valence-corrected chi connectivity index (χ3v) is 3.63. The number of nitrogens with zero attached hydrogens (tertiary/aromatic N) is 2. The lowest BCUT2D eigenvalue weighted by atomic mass is 10.0. The molecule has 1 aromatic heterocycles. The fraction of sp³-hybridized carbons (Fsp3) is 0.538. The Balaban J connectivity index is 2.26. The number of hydrogen-bond acceptors (Lipinski definition) is 3. The maximum Gasteiger partial charge on any atom is 0.257 e. The normalized spacial score (nSPS) is 22.4. The summed E-state index contributed by atoms with van der Waals surface area (Å²) in [4.78, 5) is 18.3. The van der Waals surface area contributed by atoms with Gasteiger partial charge in [0.2, 0.25) is 0 Å². The van der Waals surface area contributed by atoms with Crippen LogP contribution in [-0.4, -0.2) is 40.6 Å². The molecule has 1 atom stereocenters. The summed E-state index contributed by atoms with van der Waals surface area (Å²) >= 11 is 9.31. The Bertz CT molecular complexity index is 507. The molecule has 1 unspecified atom stereocenters. The molecule has 0 N–H and O–H groups in total. The summed E-state index contributed by atoms with van der Waals surface area (Å²) in [5, 5.41) is 0.227. The van der Waals surface area contributed by atoms with Crippen molar-refractivity contribution in [2.75, 3.05) is 13.1 Å². The van der Waals surface area contributed by atoms with E-state index < -0.39 is 0 Å². The fourth-order valence-corrected chi connectivity index (χ4v) is 2.87. The van der Waals surface area contributed by atoms with E-state index in [1.165, 1.54) is 0 Å². The highest BCUT2D eigenvalue weighted by Crippen LogP contribution is 2.25. The van der Waals surface area contributed by atoms with Crippen LogP contribution in [-0.2, 0) is 4.74 Å². The number of aromatic nitrogens is 1. The molecule has 0 aromatic carbocycles. The van der Waals surface area contributed by atoms with Crippen molar-refractivity contribution in [1.29, 1.82) is 0 Å². The van der Waals surface area contributed by atoms with Gasteiger partial charge in [-0.25, -0.2) is 4.98 Å². The minimum atomic E-state index is -0.348. The van der Waals surface area contributed by atoms with Gasteiger partial charge >= 0.3 is 0 Å². The Morgan fingerprint density at radius 2 is 2.32 bits per heavy atom. The van der Waals surface area contributed by atoms with E-state index in [2.05, 4.69) is 20.9 Å². The Morgan fingerprint density at radius 3 is 2.95 bits per heavy atom. The van der Waals surface area contributed by atoms with Gasteiger partial charge in [0.05, 0.1) is 17.3 Å². The van der Waals surface area contributed by atoms with E-state index in [-0.39, 0.29) is 22.8 Å². The molecular formula is C13H16BrClN2O2. The molecule has 104 valence electrons. The molecule has 1 aromatic rings. The topological polar surface area (TPSA) is 42.4 Å². The monoisotopic (exact) mass is 346 g/mol. The number of rotatable bonds is 1. The van der Waals surface area contributed by atoms with E-state index in [9.17, 15) is 4.79 Å². The number of pyridine rings is 1. The number of amides is 1. The summed E-state index contributed by atoms with van der Waals surface area (Å²) in [6.45, 7) is 7.01. The van der Waals surface area contributed by atoms with Gasteiger partial charge < -0.3 is 9.64 Å². The molecule has 1 saturated heterocycles. The van der Waals surface area contributed by atoms with Crippen molar-refractivity contribution in [3.63, 3.8) is 0 Å². The summed E-state index contributed by atoms with van der Waals surface area (Å²) in [5.74, 6) is -0.109. The average Bonchev–Trinajstić information content (AvgIpc) is 2.29. The summed E-state index contributed by atoms with van der Waals surface area (Å²) in [5.41, 5.74) is 0.0696. The van der Waals surface area contributed by atoms with Gasteiger partial charge in [-0.2, -0.15) is 0 Å². The lowest BCUT2D eigenvalue weighted by molar-refractivity contribution is -0.118. The zero-order valence-electron chi connectivity index (χ0n) is 11.1. The Kier molecular flexibility index (Phi) is 4.18. The third kappa shape index (κ3) is 3.46. The SMILES string of the molecule is CC1CN(C(=O)c2cc(Br)cnc2Cl)CC(C)(C)O1. The van der Waals surface area contributed by atoms with Gasteiger partial charge in [0, 0.05) is 23.8 Å². The van der Waals surface area contributed by atoms with E-state index in [0.717, 1.165) is 4.47 Å². The van der Waals surface area contributed by atoms with Gasteiger partial charge in [0.1, 0.15) is 5.15 Å². The number of hydrogen-bond donors (Lipinski definition) is 0. The average molecular weight is 348 g/mol. The van der Waals surface area contributed by atoms with Crippen molar-refractivity contribution in [2.45, 2.75) is 32.5 Å². The molecular weight excluding hydrogens is 332 g/mol. The first kappa shape index (κ1) is 14.8. The summed E-state index contributed by atoms with van der Waals surface area (Å²) in [6.07, 6.45) is 1.58. The first-order chi connectivity index (χ1) is 8.78. The van der Waals surface area contributed by atoms with E-state index in [4.69, 9.17) is 16.3 Å². The molecule has 2 heterocycles. The number of carbonyl (C=O) groups excluding carboxylic acids is 1. The first-order valence-corrected chi connectivity index (χ1v) is 7.24. The fourth-order valence-electron chi connectivity index (χ4n) is 2.35. The maximum absolute atomic E-state index is 12.5. The molecule has 0 spiro atoms. The largest absolute Gasteiger partial charge is 0.369 e. The van der Waals surface area contributed by atoms with Crippen molar-refractivity contribution in [3.05, 3.63) is 27.5 Å². The van der Waals surface area contributed by atoms with Crippen LogP contribution in [0.1, 0.15) is 31.1 Å². The second-order valence-electron chi connectivity index (χ2n) is 5.37. The molecule has 1 amide bonds. The molecule has 4 nitrogen and oxygen atoms in total. The molecule has 0 radical (unpaired) electrons. The summed E-state index contributed by atoms with van der Waals surface area (Å²) in [6, 6.07) is 1.70. The van der Waals surface area contributed by atoms with Gasteiger partial charge in [0.25, 0.3) is 5.91 Å². The van der Waals surface area contributed by atoms with Crippen molar-refractivity contribution in [3.8, 4) is 0 Å². The van der Waals surface area contributed by atoms with Crippen LogP contribution in [0.3, 0.4) is 0 Å². The molecule has 1 aliphatic rings. The molecule has 6 heteroatoms. The predicted octanol–water partition coefficient (Wildman–Crippen LogP) is 3.14. The van der Waals surface area contributed by atoms with Gasteiger partial charge in [-0.1, -0.05) is 11.6 Å². The highest BCUT2D eigenvalue weighted by molar-refractivity contribution is 9.10. The number of ether oxygens (including phenoxy) is 1. The lowest BCUT2D eigenvalue weighted by Gasteiger charge is -2.41. The van der Waals surface area contributed by atoms with Crippen LogP contribution in [0.5, 0.6) is 0 Å². The number of morpholine rings is 1. The molecule has 1 aliphatic heterocycles. The summed E-state index contributed by atoms with van der Waals surface area (Å²) in [7, 11) is 0. The van der Waals surface area contributed by atoms with Crippen LogP contribution < -0.4 is 0 Å². The Labute approximate surface area is 126 Å². The molecule has 0 saturated carbocycles. The van der Waals surface area contributed by atoms with Crippen molar-refractivity contribution >= 4 is 33.4 Å². The molecule has 1 fully saturated rings. The van der Waals surface area contributed by atoms with Gasteiger partial charge in [-0.15, -0.1) is 0 Å². The number of halogens is 2. The van der Waals surface area contributed by atoms with E-state index in [1.807, 2.05) is 20.8 Å². The molecule has 2 rings (SSSR count). The zero-order valence-corrected chi connectivity index (χ0v) is 13.5. The van der Waals surface area contributed by atoms with Gasteiger partial charge in [-0.3, -0.25) is 4.79 Å². The predicted molar refractivity (Wildman–Crippen MR) is 77.5 cm³/mol. The first-order valence-electron chi connectivity index (χ1n) is 6.06. The van der Waals surface area contributed by atoms with Crippen LogP contribution in [0.15, 0.2) is 16.7 Å². The second kappa shape index (κ2) is 5.38. The minimum absolute atomic E-state index is 0.00610. The van der Waals surface area contributed by atoms with E-state index in [1.54, 1.807) is 17.2 Å². The van der Waals surface area contributed by atoms with Crippen LogP contribution >= 0.6 is 27.5 Å². The van der Waals surface area contributed by atoms with E-state index in [0.29, 0.717) is 18.7 Å². The van der Waals surface area contributed by atoms with Crippen LogP contribution in [0.4, 0.5) is 0 Å². The smallest absolute Gasteiger partial charge is 0.257 e. The van der Waals surface area contributed by atoms with Gasteiger partial charge in [0.15, 0.2) is 0 Å². The standard InChI is InChI=1S/C13H16BrClN2O2/c1-8-6-17(7-13(2,3)19-8)12(18)10-4-9(14)5-16-11(10)15/h4-5,8H,6-7H2,1-3H3. The Hall–Kier alpha value is -0.650. The Morgan fingerprint density at radius 1 is 1.63 bits per heavy atom. The third-order valence-electron chi connectivity index (χ3n) is 2.89. The van der Waals surface area contributed by atoms with Crippen molar-refractivity contribution < 1.29 is 9.53 Å². The highest BCUT2D eigenvalue weighted by atomic mass is 79.9. The van der Waals surface area contributed by atoms with Crippen LogP contribution in [0.25, 0.3) is 0 Å². The quantitative estimate of drug-likeness (QED) is 0.733. The number of carbonyl (C=O) groups is 1. The minimum Gasteiger partial charge on any atom is -0.369 e. The van der Waals surface area contributed by atoms with Gasteiger partial charge in [-0.05, 0) is 42.8 Å². The molecule has 0 bridgehead atoms. The highest BCUT2D eigenvalue weighted by Gasteiger charge is 2.34. The zero-order chi connectivity index (χ0) is 14.2. The molecule has 0 aliphatic carbocycles. The van der Waals surface area contributed by atoms with E-state index >= 15 is 0 Å². The maximum atomic E-state index is 12.5.